The van der Waals surface area contributed by atoms with Crippen LogP contribution in [0.5, 0.6) is 0 Å². The predicted octanol–water partition coefficient (Wildman–Crippen LogP) is 1.65. The first-order chi connectivity index (χ1) is 4.88. The van der Waals surface area contributed by atoms with E-state index < -0.39 is 0 Å². The van der Waals surface area contributed by atoms with E-state index in [0.29, 0.717) is 0 Å². The zero-order valence-electron chi connectivity index (χ0n) is 6.39. The van der Waals surface area contributed by atoms with E-state index in [-0.39, 0.29) is 5.48 Å². The Morgan fingerprint density at radius 1 is 1.18 bits per heavy atom. The first kappa shape index (κ1) is 7.82. The molecule has 0 aliphatic heterocycles. The van der Waals surface area contributed by atoms with E-state index in [2.05, 4.69) is 30.1 Å². The number of hydrogen-bond donors (Lipinski definition) is 1. The zero-order chi connectivity index (χ0) is 6.97. The minimum atomic E-state index is 0. The Balaban J connectivity index is 0.000000605. The summed E-state index contributed by atoms with van der Waals surface area (Å²) >= 11 is 0. The summed E-state index contributed by atoms with van der Waals surface area (Å²) in [6.07, 6.45) is 2.03. The summed E-state index contributed by atoms with van der Waals surface area (Å²) < 4.78 is 0. The van der Waals surface area contributed by atoms with Gasteiger partial charge in [-0.25, -0.2) is 0 Å². The lowest BCUT2D eigenvalue weighted by molar-refractivity contribution is 0.824. The smallest absolute Gasteiger partial charge is 0.0456 e. The first-order valence-electron chi connectivity index (χ1n) is 3.40. The maximum Gasteiger partial charge on any atom is 0.0456 e. The van der Waals surface area contributed by atoms with Crippen LogP contribution in [-0.4, -0.2) is 10.5 Å². The van der Waals surface area contributed by atoms with E-state index >= 15 is 0 Å². The highest BCUT2D eigenvalue weighted by molar-refractivity contribution is 5.82. The number of hydrogen-bond acceptors (Lipinski definition) is 0. The molecule has 2 heteroatoms. The maximum absolute atomic E-state index is 3.19. The highest BCUT2D eigenvalue weighted by atomic mass is 16.0. The molecule has 0 aliphatic carbocycles. The van der Waals surface area contributed by atoms with Gasteiger partial charge in [-0.2, -0.15) is 0 Å². The Labute approximate surface area is 65.2 Å². The highest BCUT2D eigenvalue weighted by Crippen LogP contribution is 2.15. The highest BCUT2D eigenvalue weighted by Gasteiger charge is 1.94. The van der Waals surface area contributed by atoms with Crippen LogP contribution in [0.1, 0.15) is 5.56 Å². The molecule has 11 heavy (non-hydrogen) atoms. The number of aromatic nitrogens is 1. The third kappa shape index (κ3) is 1.12. The molecule has 2 nitrogen and oxygen atoms in total. The van der Waals surface area contributed by atoms with Crippen LogP contribution in [0.4, 0.5) is 0 Å². The summed E-state index contributed by atoms with van der Waals surface area (Å²) in [6.45, 7) is 2.11. The molecule has 0 unspecified atom stereocenters. The van der Waals surface area contributed by atoms with Crippen LogP contribution in [0.15, 0.2) is 30.5 Å². The number of H-pyrrole nitrogens is 1. The maximum atomic E-state index is 3.19. The van der Waals surface area contributed by atoms with E-state index in [4.69, 9.17) is 0 Å². The van der Waals surface area contributed by atoms with E-state index in [0.717, 1.165) is 0 Å². The van der Waals surface area contributed by atoms with Crippen molar-refractivity contribution in [1.82, 2.24) is 4.98 Å². The summed E-state index contributed by atoms with van der Waals surface area (Å²) in [5.41, 5.74) is 2.54. The van der Waals surface area contributed by atoms with Crippen molar-refractivity contribution in [3.8, 4) is 0 Å². The summed E-state index contributed by atoms with van der Waals surface area (Å²) in [5, 5.41) is 1.32. The van der Waals surface area contributed by atoms with Gasteiger partial charge < -0.3 is 10.5 Å². The number of aryl methyl sites for hydroxylation is 1. The van der Waals surface area contributed by atoms with Crippen molar-refractivity contribution in [2.75, 3.05) is 0 Å². The lowest BCUT2D eigenvalue weighted by Gasteiger charge is -1.86. The third-order valence-electron chi connectivity index (χ3n) is 1.80. The lowest BCUT2D eigenvalue weighted by Crippen LogP contribution is -1.64. The molecule has 0 fully saturated rings. The fourth-order valence-corrected chi connectivity index (χ4v) is 1.22. The predicted molar refractivity (Wildman–Crippen MR) is 46.6 cm³/mol. The largest absolute Gasteiger partial charge is 0.412 e. The lowest BCUT2D eigenvalue weighted by atomic mass is 10.2. The van der Waals surface area contributed by atoms with Crippen LogP contribution in [0.3, 0.4) is 0 Å². The van der Waals surface area contributed by atoms with Crippen molar-refractivity contribution < 1.29 is 5.48 Å². The van der Waals surface area contributed by atoms with Crippen LogP contribution in [0.2, 0.25) is 0 Å². The summed E-state index contributed by atoms with van der Waals surface area (Å²) in [6, 6.07) is 8.31. The Morgan fingerprint density at radius 2 is 1.91 bits per heavy atom. The fraction of sp³-hybridized carbons (Fsp3) is 0.111. The van der Waals surface area contributed by atoms with Crippen molar-refractivity contribution in [1.29, 1.82) is 0 Å². The van der Waals surface area contributed by atoms with Gasteiger partial charge in [-0.1, -0.05) is 18.2 Å². The molecule has 1 heterocycles. The molecule has 1 aromatic heterocycles. The van der Waals surface area contributed by atoms with Crippen molar-refractivity contribution >= 4 is 10.9 Å². The van der Waals surface area contributed by atoms with Gasteiger partial charge in [0.1, 0.15) is 0 Å². The van der Waals surface area contributed by atoms with E-state index in [1.54, 1.807) is 0 Å². The quantitative estimate of drug-likeness (QED) is 0.592. The zero-order valence-corrected chi connectivity index (χ0v) is 6.39. The molecular formula is C9H11NO. The second kappa shape index (κ2) is 2.76. The Hall–Kier alpha value is -1.28. The topological polar surface area (TPSA) is 47.3 Å². The number of para-hydroxylation sites is 1. The molecule has 0 amide bonds. The molecule has 0 saturated heterocycles. The fourth-order valence-electron chi connectivity index (χ4n) is 1.22. The van der Waals surface area contributed by atoms with Crippen LogP contribution < -0.4 is 0 Å². The molecule has 0 aliphatic rings. The van der Waals surface area contributed by atoms with Gasteiger partial charge in [-0.15, -0.1) is 0 Å². The Bertz CT molecular complexity index is 351. The average molecular weight is 149 g/mol. The Morgan fingerprint density at radius 3 is 2.64 bits per heavy atom. The number of rotatable bonds is 0. The van der Waals surface area contributed by atoms with E-state index in [9.17, 15) is 0 Å². The van der Waals surface area contributed by atoms with Crippen molar-refractivity contribution in [2.24, 2.45) is 0 Å². The minimum absolute atomic E-state index is 0. The van der Waals surface area contributed by atoms with Gasteiger partial charge in [-0.05, 0) is 18.6 Å². The molecule has 0 saturated carbocycles. The van der Waals surface area contributed by atoms with Gasteiger partial charge >= 0.3 is 0 Å². The third-order valence-corrected chi connectivity index (χ3v) is 1.80. The number of aromatic amines is 1. The second-order valence-corrected chi connectivity index (χ2v) is 2.52. The second-order valence-electron chi connectivity index (χ2n) is 2.52. The average Bonchev–Trinajstić information content (AvgIpc) is 2.34. The van der Waals surface area contributed by atoms with Crippen LogP contribution in [0, 0.1) is 6.92 Å². The normalized spacial score (nSPS) is 9.55. The number of fused-ring (bicyclic) bond motifs is 1. The molecule has 0 spiro atoms. The minimum Gasteiger partial charge on any atom is -0.412 e. The van der Waals surface area contributed by atoms with Crippen molar-refractivity contribution in [3.63, 3.8) is 0 Å². The van der Waals surface area contributed by atoms with Gasteiger partial charge in [-0.3, -0.25) is 0 Å². The molecule has 0 bridgehead atoms. The van der Waals surface area contributed by atoms with Gasteiger partial charge in [0.25, 0.3) is 0 Å². The Kier molecular flexibility index (Phi) is 1.96. The van der Waals surface area contributed by atoms with Gasteiger partial charge in [0.05, 0.1) is 0 Å². The van der Waals surface area contributed by atoms with Crippen LogP contribution in [-0.2, 0) is 0 Å². The summed E-state index contributed by atoms with van der Waals surface area (Å²) in [4.78, 5) is 3.19. The molecule has 0 radical (unpaired) electrons. The van der Waals surface area contributed by atoms with Crippen LogP contribution in [0.25, 0.3) is 10.9 Å². The van der Waals surface area contributed by atoms with Crippen molar-refractivity contribution in [2.45, 2.75) is 6.92 Å². The summed E-state index contributed by atoms with van der Waals surface area (Å²) in [5.74, 6) is 0. The monoisotopic (exact) mass is 149 g/mol. The number of nitrogens with one attached hydrogen (secondary N) is 1. The standard InChI is InChI=1S/C9H9N.H2O/c1-7-6-10-9-5-3-2-4-8(7)9;/h2-6,10H,1H3;1H2. The van der Waals surface area contributed by atoms with Crippen molar-refractivity contribution in [3.05, 3.63) is 36.0 Å². The van der Waals surface area contributed by atoms with Gasteiger partial charge in [0, 0.05) is 17.1 Å². The molecule has 2 rings (SSSR count). The molecule has 0 atom stereocenters. The SMILES string of the molecule is Cc1c[nH]c2ccccc12.O. The van der Waals surface area contributed by atoms with Gasteiger partial charge in [0.2, 0.25) is 0 Å². The molecule has 1 aromatic carbocycles. The molecule has 2 aromatic rings. The molecule has 3 N–H and O–H groups in total. The van der Waals surface area contributed by atoms with E-state index in [1.807, 2.05) is 12.3 Å². The van der Waals surface area contributed by atoms with Crippen LogP contribution >= 0.6 is 0 Å². The molecular weight excluding hydrogens is 138 g/mol. The van der Waals surface area contributed by atoms with Gasteiger partial charge in [0.15, 0.2) is 0 Å². The summed E-state index contributed by atoms with van der Waals surface area (Å²) in [7, 11) is 0. The number of benzene rings is 1. The van der Waals surface area contributed by atoms with E-state index in [1.165, 1.54) is 16.5 Å². The molecule has 58 valence electrons. The first-order valence-corrected chi connectivity index (χ1v) is 3.40.